The number of hydrogen-bond donors (Lipinski definition) is 0. The first-order valence-corrected chi connectivity index (χ1v) is 5.30. The van der Waals surface area contributed by atoms with Crippen LogP contribution in [0.4, 0.5) is 0 Å². The molecule has 0 radical (unpaired) electrons. The van der Waals surface area contributed by atoms with Crippen LogP contribution in [0.1, 0.15) is 5.82 Å². The van der Waals surface area contributed by atoms with Gasteiger partial charge in [-0.05, 0) is 19.1 Å². The first-order chi connectivity index (χ1) is 8.69. The minimum absolute atomic E-state index is 0.409. The summed E-state index contributed by atoms with van der Waals surface area (Å²) >= 11 is 0. The molecule has 0 bridgehead atoms. The predicted octanol–water partition coefficient (Wildman–Crippen LogP) is 2.07. The topological polar surface area (TPSA) is 66.6 Å². The van der Waals surface area contributed by atoms with Gasteiger partial charge in [0.05, 0.1) is 21.3 Å². The lowest BCUT2D eigenvalue weighted by molar-refractivity contribution is 0.324. The Bertz CT molecular complexity index is 526. The molecule has 96 valence electrons. The van der Waals surface area contributed by atoms with E-state index in [-0.39, 0.29) is 0 Å². The number of ether oxygens (including phenoxy) is 3. The van der Waals surface area contributed by atoms with E-state index in [9.17, 15) is 0 Å². The van der Waals surface area contributed by atoms with Crippen LogP contribution in [0.2, 0.25) is 0 Å². The molecular weight excluding hydrogens is 236 g/mol. The number of methoxy groups -OCH3 is 3. The van der Waals surface area contributed by atoms with E-state index in [1.807, 2.05) is 0 Å². The van der Waals surface area contributed by atoms with E-state index in [2.05, 4.69) is 10.1 Å². The van der Waals surface area contributed by atoms with Gasteiger partial charge in [0.1, 0.15) is 0 Å². The van der Waals surface area contributed by atoms with Gasteiger partial charge in [-0.25, -0.2) is 0 Å². The van der Waals surface area contributed by atoms with Crippen LogP contribution in [0, 0.1) is 6.92 Å². The van der Waals surface area contributed by atoms with Crippen molar-refractivity contribution in [2.75, 3.05) is 21.3 Å². The monoisotopic (exact) mass is 250 g/mol. The second-order valence-corrected chi connectivity index (χ2v) is 3.56. The molecule has 0 aliphatic carbocycles. The van der Waals surface area contributed by atoms with Crippen molar-refractivity contribution in [3.63, 3.8) is 0 Å². The number of rotatable bonds is 4. The summed E-state index contributed by atoms with van der Waals surface area (Å²) in [6, 6.07) is 3.52. The number of aryl methyl sites for hydroxylation is 1. The minimum atomic E-state index is 0.409. The summed E-state index contributed by atoms with van der Waals surface area (Å²) in [5, 5.41) is 3.75. The fourth-order valence-electron chi connectivity index (χ4n) is 1.62. The highest BCUT2D eigenvalue weighted by Gasteiger charge is 2.16. The zero-order chi connectivity index (χ0) is 13.1. The Labute approximate surface area is 104 Å². The molecule has 0 saturated heterocycles. The smallest absolute Gasteiger partial charge is 0.258 e. The first-order valence-electron chi connectivity index (χ1n) is 5.30. The molecule has 2 aromatic rings. The van der Waals surface area contributed by atoms with Crippen LogP contribution in [0.5, 0.6) is 17.2 Å². The minimum Gasteiger partial charge on any atom is -0.493 e. The average Bonchev–Trinajstić information content (AvgIpc) is 2.83. The van der Waals surface area contributed by atoms with Crippen LogP contribution in [-0.2, 0) is 0 Å². The van der Waals surface area contributed by atoms with Crippen molar-refractivity contribution in [1.82, 2.24) is 10.1 Å². The van der Waals surface area contributed by atoms with E-state index < -0.39 is 0 Å². The van der Waals surface area contributed by atoms with Gasteiger partial charge in [-0.15, -0.1) is 0 Å². The van der Waals surface area contributed by atoms with E-state index in [1.165, 1.54) is 0 Å². The standard InChI is InChI=1S/C12H14N2O4/c1-7-13-12(18-14-7)8-5-9(15-2)11(17-4)10(6-8)16-3/h5-6H,1-4H3. The Morgan fingerprint density at radius 3 is 2.00 bits per heavy atom. The van der Waals surface area contributed by atoms with Gasteiger partial charge in [0.2, 0.25) is 5.75 Å². The molecule has 0 unspecified atom stereocenters. The van der Waals surface area contributed by atoms with Crippen LogP contribution in [0.25, 0.3) is 11.5 Å². The highest BCUT2D eigenvalue weighted by Crippen LogP contribution is 2.40. The largest absolute Gasteiger partial charge is 0.493 e. The number of hydrogen-bond acceptors (Lipinski definition) is 6. The van der Waals surface area contributed by atoms with Crippen molar-refractivity contribution in [3.05, 3.63) is 18.0 Å². The molecule has 6 heteroatoms. The molecule has 1 aromatic heterocycles. The molecule has 1 heterocycles. The van der Waals surface area contributed by atoms with Crippen LogP contribution >= 0.6 is 0 Å². The fourth-order valence-corrected chi connectivity index (χ4v) is 1.62. The SMILES string of the molecule is COc1cc(-c2nc(C)no2)cc(OC)c1OC. The van der Waals surface area contributed by atoms with E-state index in [1.54, 1.807) is 40.4 Å². The van der Waals surface area contributed by atoms with Gasteiger partial charge in [0, 0.05) is 5.56 Å². The molecule has 0 fully saturated rings. The average molecular weight is 250 g/mol. The normalized spacial score (nSPS) is 10.2. The van der Waals surface area contributed by atoms with Crippen molar-refractivity contribution < 1.29 is 18.7 Å². The second-order valence-electron chi connectivity index (χ2n) is 3.56. The Hall–Kier alpha value is -2.24. The maximum absolute atomic E-state index is 5.25. The quantitative estimate of drug-likeness (QED) is 0.827. The van der Waals surface area contributed by atoms with Crippen molar-refractivity contribution in [1.29, 1.82) is 0 Å². The van der Waals surface area contributed by atoms with Crippen LogP contribution in [0.3, 0.4) is 0 Å². The lowest BCUT2D eigenvalue weighted by atomic mass is 10.2. The summed E-state index contributed by atoms with van der Waals surface area (Å²) in [7, 11) is 4.66. The fraction of sp³-hybridized carbons (Fsp3) is 0.333. The summed E-state index contributed by atoms with van der Waals surface area (Å²) in [4.78, 5) is 4.16. The Balaban J connectivity index is 2.56. The third-order valence-corrected chi connectivity index (χ3v) is 2.44. The summed E-state index contributed by atoms with van der Waals surface area (Å²) < 4.78 is 20.9. The predicted molar refractivity (Wildman–Crippen MR) is 64.1 cm³/mol. The summed E-state index contributed by atoms with van der Waals surface area (Å²) in [6.07, 6.45) is 0. The number of benzene rings is 1. The van der Waals surface area contributed by atoms with E-state index in [0.29, 0.717) is 34.5 Å². The van der Waals surface area contributed by atoms with E-state index in [4.69, 9.17) is 18.7 Å². The van der Waals surface area contributed by atoms with Gasteiger partial charge in [0.25, 0.3) is 5.89 Å². The molecule has 0 aliphatic heterocycles. The molecule has 0 amide bonds. The molecule has 2 rings (SSSR count). The van der Waals surface area contributed by atoms with Gasteiger partial charge in [-0.2, -0.15) is 4.98 Å². The lowest BCUT2D eigenvalue weighted by Crippen LogP contribution is -1.95. The van der Waals surface area contributed by atoms with Gasteiger partial charge >= 0.3 is 0 Å². The first kappa shape index (κ1) is 12.2. The van der Waals surface area contributed by atoms with Crippen molar-refractivity contribution in [3.8, 4) is 28.7 Å². The Kier molecular flexibility index (Phi) is 3.36. The van der Waals surface area contributed by atoms with E-state index in [0.717, 1.165) is 0 Å². The maximum Gasteiger partial charge on any atom is 0.258 e. The molecule has 0 atom stereocenters. The number of nitrogens with zero attached hydrogens (tertiary/aromatic N) is 2. The van der Waals surface area contributed by atoms with E-state index >= 15 is 0 Å². The van der Waals surface area contributed by atoms with Gasteiger partial charge < -0.3 is 18.7 Å². The van der Waals surface area contributed by atoms with Gasteiger partial charge in [0.15, 0.2) is 17.3 Å². The molecule has 6 nitrogen and oxygen atoms in total. The van der Waals surface area contributed by atoms with Crippen LogP contribution in [-0.4, -0.2) is 31.5 Å². The molecule has 0 saturated carbocycles. The zero-order valence-electron chi connectivity index (χ0n) is 10.7. The summed E-state index contributed by atoms with van der Waals surface area (Å²) in [6.45, 7) is 1.75. The molecule has 18 heavy (non-hydrogen) atoms. The third kappa shape index (κ3) is 2.09. The highest BCUT2D eigenvalue weighted by atomic mass is 16.5. The molecule has 0 N–H and O–H groups in total. The van der Waals surface area contributed by atoms with Gasteiger partial charge in [-0.3, -0.25) is 0 Å². The molecule has 0 spiro atoms. The van der Waals surface area contributed by atoms with Crippen LogP contribution in [0.15, 0.2) is 16.7 Å². The third-order valence-electron chi connectivity index (χ3n) is 2.44. The summed E-state index contributed by atoms with van der Waals surface area (Å²) in [5.41, 5.74) is 0.713. The van der Waals surface area contributed by atoms with Crippen LogP contribution < -0.4 is 14.2 Å². The molecule has 1 aromatic carbocycles. The van der Waals surface area contributed by atoms with Crippen molar-refractivity contribution in [2.45, 2.75) is 6.92 Å². The number of aromatic nitrogens is 2. The van der Waals surface area contributed by atoms with Crippen molar-refractivity contribution >= 4 is 0 Å². The Morgan fingerprint density at radius 2 is 1.61 bits per heavy atom. The highest BCUT2D eigenvalue weighted by molar-refractivity contribution is 5.65. The molecule has 0 aliphatic rings. The second kappa shape index (κ2) is 4.95. The molecular formula is C12H14N2O4. The lowest BCUT2D eigenvalue weighted by Gasteiger charge is -2.12. The van der Waals surface area contributed by atoms with Crippen molar-refractivity contribution in [2.24, 2.45) is 0 Å². The maximum atomic E-state index is 5.25. The zero-order valence-corrected chi connectivity index (χ0v) is 10.7. The summed E-state index contributed by atoms with van der Waals surface area (Å²) in [5.74, 6) is 2.59. The Morgan fingerprint density at radius 1 is 1.00 bits per heavy atom. The van der Waals surface area contributed by atoms with Gasteiger partial charge in [-0.1, -0.05) is 5.16 Å².